The fraction of sp³-hybridized carbons (Fsp3) is 0.692. The molecular formula is C13H21N3. The van der Waals surface area contributed by atoms with E-state index in [2.05, 4.69) is 29.1 Å². The molecule has 0 saturated heterocycles. The zero-order valence-corrected chi connectivity index (χ0v) is 10.2. The minimum absolute atomic E-state index is 0.552. The van der Waals surface area contributed by atoms with Crippen molar-refractivity contribution < 1.29 is 0 Å². The lowest BCUT2D eigenvalue weighted by Crippen LogP contribution is -2.35. The van der Waals surface area contributed by atoms with Crippen LogP contribution in [0, 0.1) is 11.8 Å². The van der Waals surface area contributed by atoms with Crippen LogP contribution in [0.5, 0.6) is 0 Å². The largest absolute Gasteiger partial charge is 0.351 e. The molecule has 2 unspecified atom stereocenters. The summed E-state index contributed by atoms with van der Waals surface area (Å²) in [6.45, 7) is 4.63. The van der Waals surface area contributed by atoms with E-state index in [4.69, 9.17) is 0 Å². The van der Waals surface area contributed by atoms with Crippen molar-refractivity contribution >= 4 is 5.95 Å². The van der Waals surface area contributed by atoms with Crippen LogP contribution in [0.3, 0.4) is 0 Å². The maximum atomic E-state index is 4.24. The van der Waals surface area contributed by atoms with Gasteiger partial charge in [-0.15, -0.1) is 0 Å². The first-order valence-corrected chi connectivity index (χ1v) is 6.31. The summed E-state index contributed by atoms with van der Waals surface area (Å²) in [6, 6.07) is 2.41. The Kier molecular flexibility index (Phi) is 3.75. The minimum atomic E-state index is 0.552. The lowest BCUT2D eigenvalue weighted by Gasteiger charge is -2.34. The van der Waals surface area contributed by atoms with Crippen molar-refractivity contribution in [3.63, 3.8) is 0 Å². The fourth-order valence-corrected chi connectivity index (χ4v) is 2.68. The Morgan fingerprint density at radius 1 is 1.19 bits per heavy atom. The van der Waals surface area contributed by atoms with Gasteiger partial charge in [-0.2, -0.15) is 0 Å². The van der Waals surface area contributed by atoms with Gasteiger partial charge in [0.05, 0.1) is 0 Å². The van der Waals surface area contributed by atoms with Gasteiger partial charge in [-0.1, -0.05) is 26.7 Å². The number of hydrogen-bond acceptors (Lipinski definition) is 3. The monoisotopic (exact) mass is 219 g/mol. The average molecular weight is 219 g/mol. The summed E-state index contributed by atoms with van der Waals surface area (Å²) in [4.78, 5) is 8.49. The van der Waals surface area contributed by atoms with Crippen LogP contribution in [0.15, 0.2) is 18.5 Å². The van der Waals surface area contributed by atoms with Gasteiger partial charge in [0.25, 0.3) is 0 Å². The third-order valence-corrected chi connectivity index (χ3v) is 3.56. The van der Waals surface area contributed by atoms with Gasteiger partial charge < -0.3 is 5.32 Å². The highest BCUT2D eigenvalue weighted by Crippen LogP contribution is 2.31. The van der Waals surface area contributed by atoms with Crippen LogP contribution in [0.25, 0.3) is 0 Å². The number of rotatable bonds is 3. The summed E-state index contributed by atoms with van der Waals surface area (Å²) >= 11 is 0. The number of aromatic nitrogens is 2. The van der Waals surface area contributed by atoms with Gasteiger partial charge in [-0.3, -0.25) is 0 Å². The van der Waals surface area contributed by atoms with Crippen LogP contribution in [0.2, 0.25) is 0 Å². The molecule has 0 spiro atoms. The zero-order valence-electron chi connectivity index (χ0n) is 10.2. The SMILES string of the molecule is CC(C)C1CCCCC1Nc1ncccn1. The maximum Gasteiger partial charge on any atom is 0.222 e. The molecule has 0 amide bonds. The van der Waals surface area contributed by atoms with Crippen LogP contribution in [0.4, 0.5) is 5.95 Å². The highest BCUT2D eigenvalue weighted by molar-refractivity contribution is 5.25. The summed E-state index contributed by atoms with van der Waals surface area (Å²) in [5, 5.41) is 3.49. The Bertz CT molecular complexity index is 310. The molecule has 2 atom stereocenters. The Labute approximate surface area is 97.7 Å². The van der Waals surface area contributed by atoms with Gasteiger partial charge in [-0.05, 0) is 30.7 Å². The van der Waals surface area contributed by atoms with E-state index in [-0.39, 0.29) is 0 Å². The maximum absolute atomic E-state index is 4.24. The van der Waals surface area contributed by atoms with Gasteiger partial charge in [0.1, 0.15) is 0 Å². The van der Waals surface area contributed by atoms with E-state index in [0.29, 0.717) is 6.04 Å². The summed E-state index contributed by atoms with van der Waals surface area (Å²) in [7, 11) is 0. The molecule has 1 aliphatic carbocycles. The standard InChI is InChI=1S/C13H21N3/c1-10(2)11-6-3-4-7-12(11)16-13-14-8-5-9-15-13/h5,8-12H,3-4,6-7H2,1-2H3,(H,14,15,16). The molecule has 1 saturated carbocycles. The quantitative estimate of drug-likeness (QED) is 0.848. The van der Waals surface area contributed by atoms with Gasteiger partial charge in [0.2, 0.25) is 5.95 Å². The molecule has 1 heterocycles. The third kappa shape index (κ3) is 2.71. The van der Waals surface area contributed by atoms with Crippen LogP contribution < -0.4 is 5.32 Å². The van der Waals surface area contributed by atoms with Crippen molar-refractivity contribution in [1.29, 1.82) is 0 Å². The Hall–Kier alpha value is -1.12. The molecule has 1 aromatic heterocycles. The first-order valence-electron chi connectivity index (χ1n) is 6.31. The average Bonchev–Trinajstić information content (AvgIpc) is 2.31. The van der Waals surface area contributed by atoms with E-state index in [1.54, 1.807) is 12.4 Å². The predicted molar refractivity (Wildman–Crippen MR) is 66.2 cm³/mol. The van der Waals surface area contributed by atoms with E-state index in [9.17, 15) is 0 Å². The van der Waals surface area contributed by atoms with Gasteiger partial charge in [0.15, 0.2) is 0 Å². The molecule has 0 aromatic carbocycles. The number of anilines is 1. The Balaban J connectivity index is 2.01. The highest BCUT2D eigenvalue weighted by atomic mass is 15.1. The second-order valence-electron chi connectivity index (χ2n) is 5.02. The molecule has 1 aromatic rings. The molecular weight excluding hydrogens is 198 g/mol. The van der Waals surface area contributed by atoms with Crippen LogP contribution >= 0.6 is 0 Å². The molecule has 0 radical (unpaired) electrons. The molecule has 3 heteroatoms. The third-order valence-electron chi connectivity index (χ3n) is 3.56. The van der Waals surface area contributed by atoms with Crippen molar-refractivity contribution in [2.24, 2.45) is 11.8 Å². The second-order valence-corrected chi connectivity index (χ2v) is 5.02. The second kappa shape index (κ2) is 5.28. The number of hydrogen-bond donors (Lipinski definition) is 1. The van der Waals surface area contributed by atoms with E-state index in [1.807, 2.05) is 6.07 Å². The van der Waals surface area contributed by atoms with Crippen molar-refractivity contribution in [1.82, 2.24) is 9.97 Å². The van der Waals surface area contributed by atoms with E-state index in [1.165, 1.54) is 25.7 Å². The highest BCUT2D eigenvalue weighted by Gasteiger charge is 2.27. The van der Waals surface area contributed by atoms with E-state index >= 15 is 0 Å². The fourth-order valence-electron chi connectivity index (χ4n) is 2.68. The van der Waals surface area contributed by atoms with Gasteiger partial charge in [0, 0.05) is 18.4 Å². The smallest absolute Gasteiger partial charge is 0.222 e. The number of nitrogens with zero attached hydrogens (tertiary/aromatic N) is 2. The molecule has 2 rings (SSSR count). The lowest BCUT2D eigenvalue weighted by molar-refractivity contribution is 0.253. The lowest BCUT2D eigenvalue weighted by atomic mass is 9.78. The van der Waals surface area contributed by atoms with Crippen LogP contribution in [-0.4, -0.2) is 16.0 Å². The van der Waals surface area contributed by atoms with Gasteiger partial charge >= 0.3 is 0 Å². The minimum Gasteiger partial charge on any atom is -0.351 e. The Morgan fingerprint density at radius 3 is 2.56 bits per heavy atom. The van der Waals surface area contributed by atoms with Crippen LogP contribution in [0.1, 0.15) is 39.5 Å². The normalized spacial score (nSPS) is 25.7. The molecule has 0 bridgehead atoms. The molecule has 1 N–H and O–H groups in total. The molecule has 1 aliphatic rings. The summed E-state index contributed by atoms with van der Waals surface area (Å²) in [6.07, 6.45) is 8.87. The number of nitrogens with one attached hydrogen (secondary N) is 1. The van der Waals surface area contributed by atoms with Crippen molar-refractivity contribution in [2.75, 3.05) is 5.32 Å². The predicted octanol–water partition coefficient (Wildman–Crippen LogP) is 3.10. The van der Waals surface area contributed by atoms with Gasteiger partial charge in [-0.25, -0.2) is 9.97 Å². The van der Waals surface area contributed by atoms with E-state index in [0.717, 1.165) is 17.8 Å². The summed E-state index contributed by atoms with van der Waals surface area (Å²) in [5.41, 5.74) is 0. The first kappa shape index (κ1) is 11.4. The molecule has 1 fully saturated rings. The molecule has 0 aliphatic heterocycles. The summed E-state index contributed by atoms with van der Waals surface area (Å²) in [5.74, 6) is 2.28. The van der Waals surface area contributed by atoms with E-state index < -0.39 is 0 Å². The van der Waals surface area contributed by atoms with Crippen molar-refractivity contribution in [2.45, 2.75) is 45.6 Å². The van der Waals surface area contributed by atoms with Crippen molar-refractivity contribution in [3.8, 4) is 0 Å². The topological polar surface area (TPSA) is 37.8 Å². The molecule has 16 heavy (non-hydrogen) atoms. The summed E-state index contributed by atoms with van der Waals surface area (Å²) < 4.78 is 0. The van der Waals surface area contributed by atoms with Crippen LogP contribution in [-0.2, 0) is 0 Å². The molecule has 3 nitrogen and oxygen atoms in total. The first-order chi connectivity index (χ1) is 7.77. The zero-order chi connectivity index (χ0) is 11.4. The Morgan fingerprint density at radius 2 is 1.88 bits per heavy atom. The van der Waals surface area contributed by atoms with Crippen molar-refractivity contribution in [3.05, 3.63) is 18.5 Å². The molecule has 88 valence electrons.